The molecule has 0 aliphatic heterocycles. The molecule has 0 saturated carbocycles. The number of carbonyl (C=O) groups excluding carboxylic acids is 1. The smallest absolute Gasteiger partial charge is 0.240 e. The molecule has 1 heterocycles. The summed E-state index contributed by atoms with van der Waals surface area (Å²) < 4.78 is 0. The highest BCUT2D eigenvalue weighted by Gasteiger charge is 2.00. The van der Waals surface area contributed by atoms with Gasteiger partial charge in [0, 0.05) is 6.42 Å². The summed E-state index contributed by atoms with van der Waals surface area (Å²) >= 11 is 0. The molecule has 1 amide bonds. The van der Waals surface area contributed by atoms with Crippen LogP contribution in [0.15, 0.2) is 6.33 Å². The van der Waals surface area contributed by atoms with E-state index in [1.807, 2.05) is 6.92 Å². The Hall–Kier alpha value is -1.46. The summed E-state index contributed by atoms with van der Waals surface area (Å²) in [6.07, 6.45) is 3.73. The summed E-state index contributed by atoms with van der Waals surface area (Å²) in [6, 6.07) is 0. The van der Waals surface area contributed by atoms with Gasteiger partial charge in [-0.2, -0.15) is 0 Å². The number of nitrogens with one attached hydrogen (secondary N) is 1. The Kier molecular flexibility index (Phi) is 3.18. The second-order valence-corrected chi connectivity index (χ2v) is 2.39. The molecule has 0 aromatic carbocycles. The van der Waals surface area contributed by atoms with Crippen LogP contribution in [-0.2, 0) is 4.79 Å². The molecule has 6 nitrogen and oxygen atoms in total. The molecule has 1 aromatic heterocycles. The van der Waals surface area contributed by atoms with Crippen molar-refractivity contribution in [3.05, 3.63) is 6.33 Å². The van der Waals surface area contributed by atoms with Gasteiger partial charge in [-0.25, -0.2) is 5.43 Å². The van der Waals surface area contributed by atoms with Crippen molar-refractivity contribution in [3.63, 3.8) is 0 Å². The number of nitrogens with zero attached hydrogens (tertiary/aromatic N) is 4. The van der Waals surface area contributed by atoms with Crippen LogP contribution < -0.4 is 5.43 Å². The van der Waals surface area contributed by atoms with Crippen molar-refractivity contribution in [2.75, 3.05) is 5.43 Å². The Morgan fingerprint density at radius 1 is 1.67 bits per heavy atom. The fraction of sp³-hybridized carbons (Fsp3) is 0.667. The van der Waals surface area contributed by atoms with Gasteiger partial charge in [-0.05, 0) is 16.8 Å². The van der Waals surface area contributed by atoms with Crippen LogP contribution in [0.5, 0.6) is 0 Å². The van der Waals surface area contributed by atoms with E-state index in [1.54, 1.807) is 0 Å². The minimum absolute atomic E-state index is 0.0656. The highest BCUT2D eigenvalue weighted by molar-refractivity contribution is 5.83. The molecule has 1 rings (SSSR count). The molecule has 0 saturated heterocycles. The maximum absolute atomic E-state index is 11.0. The van der Waals surface area contributed by atoms with Gasteiger partial charge in [0.25, 0.3) is 0 Å². The number of hydrogen-bond donors (Lipinski definition) is 1. The fourth-order valence-electron chi connectivity index (χ4n) is 0.734. The average Bonchev–Trinajstić information content (AvgIpc) is 2.53. The van der Waals surface area contributed by atoms with Crippen LogP contribution in [0.2, 0.25) is 0 Å². The minimum Gasteiger partial charge on any atom is -0.273 e. The summed E-state index contributed by atoms with van der Waals surface area (Å²) in [4.78, 5) is 12.2. The van der Waals surface area contributed by atoms with Crippen molar-refractivity contribution < 1.29 is 4.79 Å². The number of tetrazole rings is 1. The van der Waals surface area contributed by atoms with Crippen LogP contribution in [0.25, 0.3) is 0 Å². The second-order valence-electron chi connectivity index (χ2n) is 2.39. The standard InChI is InChI=1S/C6H11N5O/c1-2-3-4-6(12)8-11-5-7-9-10-11/h5H,2-4H2,1H3,(H,8,12). The first-order valence-corrected chi connectivity index (χ1v) is 3.85. The van der Waals surface area contributed by atoms with Gasteiger partial charge in [-0.15, -0.1) is 9.89 Å². The van der Waals surface area contributed by atoms with E-state index < -0.39 is 0 Å². The zero-order valence-electron chi connectivity index (χ0n) is 6.90. The highest BCUT2D eigenvalue weighted by Crippen LogP contribution is 1.93. The molecule has 66 valence electrons. The van der Waals surface area contributed by atoms with E-state index in [0.29, 0.717) is 6.42 Å². The SMILES string of the molecule is CCCCC(=O)Nn1cnnn1. The van der Waals surface area contributed by atoms with Gasteiger partial charge in [0.15, 0.2) is 6.33 Å². The van der Waals surface area contributed by atoms with Gasteiger partial charge in [0.2, 0.25) is 5.91 Å². The van der Waals surface area contributed by atoms with Crippen molar-refractivity contribution in [3.8, 4) is 0 Å². The number of unbranched alkanes of at least 4 members (excludes halogenated alkanes) is 1. The summed E-state index contributed by atoms with van der Waals surface area (Å²) in [5.74, 6) is -0.0656. The molecule has 0 atom stereocenters. The maximum Gasteiger partial charge on any atom is 0.240 e. The monoisotopic (exact) mass is 169 g/mol. The number of carbonyl (C=O) groups is 1. The summed E-state index contributed by atoms with van der Waals surface area (Å²) in [5, 5.41) is 10.2. The van der Waals surface area contributed by atoms with E-state index in [4.69, 9.17) is 0 Å². The number of aromatic nitrogens is 4. The van der Waals surface area contributed by atoms with E-state index >= 15 is 0 Å². The summed E-state index contributed by atoms with van der Waals surface area (Å²) in [5.41, 5.74) is 2.50. The van der Waals surface area contributed by atoms with E-state index in [-0.39, 0.29) is 5.91 Å². The zero-order valence-corrected chi connectivity index (χ0v) is 6.90. The lowest BCUT2D eigenvalue weighted by Crippen LogP contribution is -2.22. The third-order valence-electron chi connectivity index (χ3n) is 1.35. The predicted octanol–water partition coefficient (Wildman–Crippen LogP) is -0.0666. The maximum atomic E-state index is 11.0. The first-order chi connectivity index (χ1) is 5.83. The Morgan fingerprint density at radius 3 is 3.08 bits per heavy atom. The Morgan fingerprint density at radius 2 is 2.50 bits per heavy atom. The highest BCUT2D eigenvalue weighted by atomic mass is 16.2. The first-order valence-electron chi connectivity index (χ1n) is 3.85. The van der Waals surface area contributed by atoms with Crippen LogP contribution in [-0.4, -0.2) is 26.2 Å². The number of hydrogen-bond acceptors (Lipinski definition) is 4. The van der Waals surface area contributed by atoms with Crippen molar-refractivity contribution in [1.29, 1.82) is 0 Å². The average molecular weight is 169 g/mol. The van der Waals surface area contributed by atoms with Gasteiger partial charge in [0.1, 0.15) is 0 Å². The van der Waals surface area contributed by atoms with Gasteiger partial charge in [0.05, 0.1) is 0 Å². The lowest BCUT2D eigenvalue weighted by atomic mass is 10.2. The van der Waals surface area contributed by atoms with Gasteiger partial charge in [-0.1, -0.05) is 13.3 Å². The second kappa shape index (κ2) is 4.42. The third-order valence-corrected chi connectivity index (χ3v) is 1.35. The normalized spacial score (nSPS) is 9.75. The number of rotatable bonds is 4. The van der Waals surface area contributed by atoms with E-state index in [0.717, 1.165) is 12.8 Å². The molecular formula is C6H11N5O. The molecule has 0 aliphatic rings. The predicted molar refractivity (Wildman–Crippen MR) is 41.7 cm³/mol. The van der Waals surface area contributed by atoms with E-state index in [1.165, 1.54) is 11.1 Å². The molecule has 0 spiro atoms. The molecule has 12 heavy (non-hydrogen) atoms. The topological polar surface area (TPSA) is 72.7 Å². The Labute approximate surface area is 69.9 Å². The largest absolute Gasteiger partial charge is 0.273 e. The van der Waals surface area contributed by atoms with Gasteiger partial charge >= 0.3 is 0 Å². The van der Waals surface area contributed by atoms with Crippen LogP contribution in [0.1, 0.15) is 26.2 Å². The zero-order chi connectivity index (χ0) is 8.81. The Balaban J connectivity index is 2.27. The van der Waals surface area contributed by atoms with E-state index in [9.17, 15) is 4.79 Å². The molecule has 0 radical (unpaired) electrons. The molecule has 0 bridgehead atoms. The summed E-state index contributed by atoms with van der Waals surface area (Å²) in [7, 11) is 0. The van der Waals surface area contributed by atoms with Crippen LogP contribution in [0, 0.1) is 0 Å². The van der Waals surface area contributed by atoms with E-state index in [2.05, 4.69) is 21.0 Å². The molecular weight excluding hydrogens is 158 g/mol. The molecule has 0 unspecified atom stereocenters. The lowest BCUT2D eigenvalue weighted by Gasteiger charge is -2.00. The first kappa shape index (κ1) is 8.63. The van der Waals surface area contributed by atoms with Crippen molar-refractivity contribution in [1.82, 2.24) is 20.3 Å². The van der Waals surface area contributed by atoms with Crippen molar-refractivity contribution >= 4 is 5.91 Å². The lowest BCUT2D eigenvalue weighted by molar-refractivity contribution is -0.117. The molecule has 1 N–H and O–H groups in total. The van der Waals surface area contributed by atoms with Crippen LogP contribution >= 0.6 is 0 Å². The summed E-state index contributed by atoms with van der Waals surface area (Å²) in [6.45, 7) is 2.03. The Bertz CT molecular complexity index is 232. The van der Waals surface area contributed by atoms with Crippen molar-refractivity contribution in [2.45, 2.75) is 26.2 Å². The molecule has 1 aromatic rings. The quantitative estimate of drug-likeness (QED) is 0.685. The molecule has 0 aliphatic carbocycles. The third kappa shape index (κ3) is 2.65. The minimum atomic E-state index is -0.0656. The number of amides is 1. The van der Waals surface area contributed by atoms with Crippen LogP contribution in [0.4, 0.5) is 0 Å². The van der Waals surface area contributed by atoms with Crippen molar-refractivity contribution in [2.24, 2.45) is 0 Å². The van der Waals surface area contributed by atoms with Crippen LogP contribution in [0.3, 0.4) is 0 Å². The fourth-order valence-corrected chi connectivity index (χ4v) is 0.734. The molecule has 6 heteroatoms. The van der Waals surface area contributed by atoms with Gasteiger partial charge < -0.3 is 0 Å². The van der Waals surface area contributed by atoms with Gasteiger partial charge in [-0.3, -0.25) is 4.79 Å². The molecule has 0 fully saturated rings.